The van der Waals surface area contributed by atoms with Crippen LogP contribution in [0, 0.1) is 0 Å². The molecule has 0 unspecified atom stereocenters. The molecule has 1 heterocycles. The molecule has 0 fully saturated rings. The number of alkyl halides is 3. The van der Waals surface area contributed by atoms with Gasteiger partial charge in [-0.15, -0.1) is 0 Å². The van der Waals surface area contributed by atoms with Crippen LogP contribution in [-0.4, -0.2) is 37.4 Å². The number of ether oxygens (including phenoxy) is 1. The Balaban J connectivity index is 2.29. The quantitative estimate of drug-likeness (QED) is 0.545. The van der Waals surface area contributed by atoms with Crippen LogP contribution in [0.5, 0.6) is 5.75 Å². The molecule has 0 bridgehead atoms. The SMILES string of the molecule is CO/N=C(\CNC(=O)c1ccccc1C(F)(F)F)c1ncc(Cl)c(OC)c1Cl. The van der Waals surface area contributed by atoms with Gasteiger partial charge < -0.3 is 14.9 Å². The van der Waals surface area contributed by atoms with Gasteiger partial charge >= 0.3 is 6.18 Å². The smallest absolute Gasteiger partial charge is 0.417 e. The van der Waals surface area contributed by atoms with Crippen LogP contribution >= 0.6 is 23.2 Å². The number of amides is 1. The third-order valence-corrected chi connectivity index (χ3v) is 4.12. The molecule has 1 aromatic carbocycles. The van der Waals surface area contributed by atoms with Crippen molar-refractivity contribution >= 4 is 34.8 Å². The molecule has 1 aromatic heterocycles. The van der Waals surface area contributed by atoms with Crippen LogP contribution in [0.4, 0.5) is 13.2 Å². The van der Waals surface area contributed by atoms with Gasteiger partial charge in [-0.1, -0.05) is 40.5 Å². The maximum atomic E-state index is 13.1. The molecule has 1 N–H and O–H groups in total. The molecule has 0 radical (unpaired) electrons. The van der Waals surface area contributed by atoms with Gasteiger partial charge in [-0.2, -0.15) is 13.2 Å². The highest BCUT2D eigenvalue weighted by Gasteiger charge is 2.34. The number of benzene rings is 1. The summed E-state index contributed by atoms with van der Waals surface area (Å²) in [6.07, 6.45) is -3.42. The lowest BCUT2D eigenvalue weighted by Crippen LogP contribution is -2.32. The number of oxime groups is 1. The number of hydrogen-bond donors (Lipinski definition) is 1. The normalized spacial score (nSPS) is 11.9. The van der Waals surface area contributed by atoms with Crippen LogP contribution in [0.15, 0.2) is 35.6 Å². The van der Waals surface area contributed by atoms with Gasteiger partial charge in [0.1, 0.15) is 28.6 Å². The Morgan fingerprint density at radius 3 is 2.54 bits per heavy atom. The lowest BCUT2D eigenvalue weighted by molar-refractivity contribution is -0.137. The van der Waals surface area contributed by atoms with E-state index in [-0.39, 0.29) is 33.7 Å². The molecule has 1 amide bonds. The first-order valence-corrected chi connectivity index (χ1v) is 8.39. The van der Waals surface area contributed by atoms with Crippen LogP contribution in [0.25, 0.3) is 0 Å². The van der Waals surface area contributed by atoms with Crippen molar-refractivity contribution in [2.45, 2.75) is 6.18 Å². The van der Waals surface area contributed by atoms with E-state index < -0.39 is 23.2 Å². The number of nitrogens with one attached hydrogen (secondary N) is 1. The molecule has 11 heteroatoms. The number of pyridine rings is 1. The van der Waals surface area contributed by atoms with Crippen molar-refractivity contribution in [3.8, 4) is 5.75 Å². The van der Waals surface area contributed by atoms with Gasteiger partial charge in [-0.25, -0.2) is 0 Å². The summed E-state index contributed by atoms with van der Waals surface area (Å²) < 4.78 is 44.4. The molecule has 150 valence electrons. The lowest BCUT2D eigenvalue weighted by Gasteiger charge is -2.14. The second-order valence-corrected chi connectivity index (χ2v) is 6.03. The first-order chi connectivity index (χ1) is 13.2. The Labute approximate surface area is 168 Å². The van der Waals surface area contributed by atoms with Gasteiger partial charge in [0.05, 0.1) is 31.0 Å². The summed E-state index contributed by atoms with van der Waals surface area (Å²) in [6.45, 7) is -0.309. The Kier molecular flexibility index (Phi) is 7.09. The Morgan fingerprint density at radius 1 is 1.25 bits per heavy atom. The molecule has 2 rings (SSSR count). The Bertz CT molecular complexity index is 905. The van der Waals surface area contributed by atoms with Crippen molar-refractivity contribution in [2.75, 3.05) is 20.8 Å². The van der Waals surface area contributed by atoms with Gasteiger partial charge in [-0.05, 0) is 12.1 Å². The average molecular weight is 436 g/mol. The van der Waals surface area contributed by atoms with Crippen molar-refractivity contribution < 1.29 is 27.5 Å². The van der Waals surface area contributed by atoms with Crippen LogP contribution in [-0.2, 0) is 11.0 Å². The molecule has 0 saturated heterocycles. The van der Waals surface area contributed by atoms with E-state index in [4.69, 9.17) is 32.8 Å². The summed E-state index contributed by atoms with van der Waals surface area (Å²) >= 11 is 12.1. The fourth-order valence-corrected chi connectivity index (χ4v) is 2.90. The summed E-state index contributed by atoms with van der Waals surface area (Å²) in [4.78, 5) is 21.1. The zero-order chi connectivity index (χ0) is 20.9. The zero-order valence-electron chi connectivity index (χ0n) is 14.6. The number of methoxy groups -OCH3 is 1. The summed E-state index contributed by atoms with van der Waals surface area (Å²) in [6, 6.07) is 4.42. The van der Waals surface area contributed by atoms with E-state index in [0.29, 0.717) is 0 Å². The van der Waals surface area contributed by atoms with E-state index in [1.54, 1.807) is 0 Å². The number of carbonyl (C=O) groups is 1. The third-order valence-electron chi connectivity index (χ3n) is 3.50. The summed E-state index contributed by atoms with van der Waals surface area (Å²) in [5.74, 6) is -0.820. The molecular weight excluding hydrogens is 422 g/mol. The number of rotatable bonds is 6. The predicted molar refractivity (Wildman–Crippen MR) is 98.1 cm³/mol. The number of aromatic nitrogens is 1. The number of nitrogens with zero attached hydrogens (tertiary/aromatic N) is 2. The maximum absolute atomic E-state index is 13.1. The van der Waals surface area contributed by atoms with Crippen molar-refractivity contribution in [1.82, 2.24) is 10.3 Å². The summed E-state index contributed by atoms with van der Waals surface area (Å²) in [7, 11) is 2.60. The molecule has 0 spiro atoms. The number of halogens is 5. The number of carbonyl (C=O) groups excluding carboxylic acids is 1. The molecule has 0 aliphatic rings. The van der Waals surface area contributed by atoms with Crippen molar-refractivity contribution in [3.05, 3.63) is 57.3 Å². The topological polar surface area (TPSA) is 72.8 Å². The highest BCUT2D eigenvalue weighted by Crippen LogP contribution is 2.34. The van der Waals surface area contributed by atoms with Gasteiger partial charge in [-0.3, -0.25) is 9.78 Å². The van der Waals surface area contributed by atoms with Crippen molar-refractivity contribution in [1.29, 1.82) is 0 Å². The molecule has 28 heavy (non-hydrogen) atoms. The first-order valence-electron chi connectivity index (χ1n) is 7.63. The standard InChI is InChI=1S/C17H14Cl2F3N3O3/c1-27-15-11(18)7-23-14(13(15)19)12(25-28-2)8-24-16(26)9-5-3-4-6-10(9)17(20,21)22/h3-7H,8H2,1-2H3,(H,24,26)/b25-12+. The van der Waals surface area contributed by atoms with E-state index in [2.05, 4.69) is 15.5 Å². The fourth-order valence-electron chi connectivity index (χ4n) is 2.29. The highest BCUT2D eigenvalue weighted by atomic mass is 35.5. The third kappa shape index (κ3) is 4.85. The van der Waals surface area contributed by atoms with Gasteiger partial charge in [0.2, 0.25) is 0 Å². The van der Waals surface area contributed by atoms with Gasteiger partial charge in [0.15, 0.2) is 5.75 Å². The highest BCUT2D eigenvalue weighted by molar-refractivity contribution is 6.39. The minimum atomic E-state index is -4.67. The van der Waals surface area contributed by atoms with Crippen LogP contribution in [0.1, 0.15) is 21.6 Å². The molecule has 0 aliphatic heterocycles. The van der Waals surface area contributed by atoms with E-state index >= 15 is 0 Å². The molecule has 0 aliphatic carbocycles. The largest absolute Gasteiger partial charge is 0.493 e. The lowest BCUT2D eigenvalue weighted by atomic mass is 10.1. The molecule has 0 saturated carbocycles. The first kappa shape index (κ1) is 21.8. The van der Waals surface area contributed by atoms with Crippen LogP contribution < -0.4 is 10.1 Å². The minimum absolute atomic E-state index is 0.00995. The summed E-state index contributed by atoms with van der Waals surface area (Å²) in [5, 5.41) is 6.24. The molecule has 0 atom stereocenters. The van der Waals surface area contributed by atoms with Crippen LogP contribution in [0.2, 0.25) is 10.0 Å². The molecule has 2 aromatic rings. The minimum Gasteiger partial charge on any atom is -0.493 e. The zero-order valence-corrected chi connectivity index (χ0v) is 16.1. The number of hydrogen-bond acceptors (Lipinski definition) is 5. The average Bonchev–Trinajstić information content (AvgIpc) is 2.65. The maximum Gasteiger partial charge on any atom is 0.417 e. The summed E-state index contributed by atoms with van der Waals surface area (Å²) in [5.41, 5.74) is -1.43. The van der Waals surface area contributed by atoms with Crippen molar-refractivity contribution in [2.24, 2.45) is 5.16 Å². The van der Waals surface area contributed by atoms with Gasteiger partial charge in [0.25, 0.3) is 5.91 Å². The predicted octanol–water partition coefficient (Wildman–Crippen LogP) is 4.20. The monoisotopic (exact) mass is 435 g/mol. The van der Waals surface area contributed by atoms with E-state index in [9.17, 15) is 18.0 Å². The molecule has 6 nitrogen and oxygen atoms in total. The van der Waals surface area contributed by atoms with Crippen LogP contribution in [0.3, 0.4) is 0 Å². The second kappa shape index (κ2) is 9.11. The Hall–Kier alpha value is -2.52. The van der Waals surface area contributed by atoms with E-state index in [1.807, 2.05) is 0 Å². The molecular formula is C17H14Cl2F3N3O3. The Morgan fingerprint density at radius 2 is 1.93 bits per heavy atom. The van der Waals surface area contributed by atoms with Gasteiger partial charge in [0, 0.05) is 0 Å². The second-order valence-electron chi connectivity index (χ2n) is 5.25. The fraction of sp³-hybridized carbons (Fsp3) is 0.235. The van der Waals surface area contributed by atoms with E-state index in [0.717, 1.165) is 12.1 Å². The van der Waals surface area contributed by atoms with Crippen molar-refractivity contribution in [3.63, 3.8) is 0 Å². The van der Waals surface area contributed by atoms with E-state index in [1.165, 1.54) is 32.5 Å².